The molecule has 1 aromatic carbocycles. The molecule has 2 fully saturated rings. The molecule has 1 N–H and O–H groups in total. The van der Waals surface area contributed by atoms with E-state index >= 15 is 0 Å². The topological polar surface area (TPSA) is 65.8 Å². The van der Waals surface area contributed by atoms with Crippen LogP contribution in [0, 0.1) is 13.1 Å². The van der Waals surface area contributed by atoms with E-state index in [1.807, 2.05) is 17.2 Å². The van der Waals surface area contributed by atoms with Crippen LogP contribution in [0.15, 0.2) is 36.7 Å². The van der Waals surface area contributed by atoms with Gasteiger partial charge < -0.3 is 15.1 Å². The molecule has 162 valence electrons. The van der Waals surface area contributed by atoms with Crippen molar-refractivity contribution in [3.63, 3.8) is 0 Å². The van der Waals surface area contributed by atoms with E-state index in [-0.39, 0.29) is 6.03 Å². The highest BCUT2D eigenvalue weighted by atomic mass is 127. The van der Waals surface area contributed by atoms with Gasteiger partial charge in [0.2, 0.25) is 0 Å². The first kappa shape index (κ1) is 21.2. The van der Waals surface area contributed by atoms with E-state index in [4.69, 9.17) is 4.98 Å². The Hall–Kier alpha value is -1.63. The van der Waals surface area contributed by atoms with E-state index in [1.165, 1.54) is 12.7 Å². The number of anilines is 2. The van der Waals surface area contributed by atoms with Crippen LogP contribution < -0.4 is 10.2 Å². The monoisotopic (exact) mass is 642 g/mol. The van der Waals surface area contributed by atoms with E-state index in [0.717, 1.165) is 44.7 Å². The highest BCUT2D eigenvalue weighted by molar-refractivity contribution is 14.1. The van der Waals surface area contributed by atoms with E-state index in [0.29, 0.717) is 23.3 Å². The minimum atomic E-state index is -0.0704. The lowest BCUT2D eigenvalue weighted by molar-refractivity contribution is 0.221. The maximum Gasteiger partial charge on any atom is 0.321 e. The van der Waals surface area contributed by atoms with Crippen LogP contribution in [0.2, 0.25) is 0 Å². The van der Waals surface area contributed by atoms with Crippen LogP contribution in [0.3, 0.4) is 0 Å². The fraction of sp³-hybridized carbons (Fsp3) is 0.409. The zero-order valence-electron chi connectivity index (χ0n) is 17.3. The van der Waals surface area contributed by atoms with Gasteiger partial charge in [0.25, 0.3) is 0 Å². The molecule has 1 unspecified atom stereocenters. The van der Waals surface area contributed by atoms with E-state index in [1.54, 1.807) is 10.7 Å². The molecule has 9 heteroatoms. The molecule has 2 aromatic heterocycles. The zero-order valence-corrected chi connectivity index (χ0v) is 21.6. The van der Waals surface area contributed by atoms with Gasteiger partial charge in [-0.25, -0.2) is 14.3 Å². The van der Waals surface area contributed by atoms with Gasteiger partial charge in [0.05, 0.1) is 12.2 Å². The number of rotatable bonds is 3. The number of likely N-dealkylation sites (tertiary alicyclic amines) is 1. The van der Waals surface area contributed by atoms with Crippen molar-refractivity contribution in [3.05, 3.63) is 49.4 Å². The Morgan fingerprint density at radius 1 is 1.19 bits per heavy atom. The summed E-state index contributed by atoms with van der Waals surface area (Å²) in [4.78, 5) is 21.9. The van der Waals surface area contributed by atoms with Crippen molar-refractivity contribution in [3.8, 4) is 0 Å². The Bertz CT molecular complexity index is 1130. The van der Waals surface area contributed by atoms with Crippen molar-refractivity contribution in [2.75, 3.05) is 29.9 Å². The lowest BCUT2D eigenvalue weighted by atomic mass is 10.0. The normalized spacial score (nSPS) is 21.3. The standard InChI is InChI=1S/C22H24I2N6O/c1-14-6-9-28(13-14)22(31)26-18-12-25-30-10-7-20(27-21(18)30)29-8-2-3-19(29)16-11-15(23)4-5-17(16)24/h4-5,7,10-12,14,19H,2-3,6,8-9,13H2,1H3,(H,26,31)/t14-,19?/m0/s1. The molecule has 4 heterocycles. The minimum absolute atomic E-state index is 0.0704. The number of nitrogens with one attached hydrogen (secondary N) is 1. The highest BCUT2D eigenvalue weighted by Crippen LogP contribution is 2.38. The molecule has 0 bridgehead atoms. The van der Waals surface area contributed by atoms with Crippen molar-refractivity contribution in [2.24, 2.45) is 5.92 Å². The van der Waals surface area contributed by atoms with Gasteiger partial charge in [-0.3, -0.25) is 0 Å². The largest absolute Gasteiger partial charge is 0.349 e. The summed E-state index contributed by atoms with van der Waals surface area (Å²) in [6, 6.07) is 8.88. The second kappa shape index (κ2) is 8.72. The van der Waals surface area contributed by atoms with Gasteiger partial charge in [0.15, 0.2) is 5.65 Å². The molecule has 0 aliphatic carbocycles. The van der Waals surface area contributed by atoms with Crippen molar-refractivity contribution in [1.82, 2.24) is 19.5 Å². The van der Waals surface area contributed by atoms with Crippen molar-refractivity contribution in [2.45, 2.75) is 32.2 Å². The SMILES string of the molecule is C[C@H]1CCN(C(=O)Nc2cnn3ccc(N4CCCC4c4cc(I)ccc4I)nc23)C1. The quantitative estimate of drug-likeness (QED) is 0.402. The Morgan fingerprint density at radius 2 is 2.06 bits per heavy atom. The van der Waals surface area contributed by atoms with Gasteiger partial charge in [-0.2, -0.15) is 5.10 Å². The average Bonchev–Trinajstić information content (AvgIpc) is 3.49. The number of urea groups is 1. The molecule has 2 aliphatic rings. The Morgan fingerprint density at radius 3 is 2.87 bits per heavy atom. The molecular formula is C22H24I2N6O. The molecular weight excluding hydrogens is 618 g/mol. The number of halogens is 2. The number of carbonyl (C=O) groups is 1. The highest BCUT2D eigenvalue weighted by Gasteiger charge is 2.29. The first-order chi connectivity index (χ1) is 15.0. The summed E-state index contributed by atoms with van der Waals surface area (Å²) in [5.74, 6) is 1.48. The molecule has 0 radical (unpaired) electrons. The predicted octanol–water partition coefficient (Wildman–Crippen LogP) is 5.15. The van der Waals surface area contributed by atoms with E-state index in [9.17, 15) is 4.79 Å². The summed E-state index contributed by atoms with van der Waals surface area (Å²) in [5.41, 5.74) is 2.70. The molecule has 2 amide bonds. The molecule has 0 spiro atoms. The summed E-state index contributed by atoms with van der Waals surface area (Å²) < 4.78 is 4.26. The summed E-state index contributed by atoms with van der Waals surface area (Å²) in [7, 11) is 0. The van der Waals surface area contributed by atoms with Crippen molar-refractivity contribution >= 4 is 68.4 Å². The molecule has 7 nitrogen and oxygen atoms in total. The number of amides is 2. The summed E-state index contributed by atoms with van der Waals surface area (Å²) in [6.07, 6.45) is 6.92. The van der Waals surface area contributed by atoms with Crippen LogP contribution in [0.4, 0.5) is 16.3 Å². The molecule has 2 saturated heterocycles. The van der Waals surface area contributed by atoms with Crippen LogP contribution >= 0.6 is 45.2 Å². The number of benzene rings is 1. The fourth-order valence-electron chi connectivity index (χ4n) is 4.56. The van der Waals surface area contributed by atoms with Crippen LogP contribution in [0.1, 0.15) is 37.8 Å². The zero-order chi connectivity index (χ0) is 21.5. The summed E-state index contributed by atoms with van der Waals surface area (Å²) in [5, 5.41) is 7.41. The van der Waals surface area contributed by atoms with Gasteiger partial charge in [0.1, 0.15) is 11.5 Å². The lowest BCUT2D eigenvalue weighted by Crippen LogP contribution is -2.32. The smallest absolute Gasteiger partial charge is 0.321 e. The van der Waals surface area contributed by atoms with Gasteiger partial charge >= 0.3 is 6.03 Å². The third-order valence-electron chi connectivity index (χ3n) is 6.17. The second-order valence-corrected chi connectivity index (χ2v) is 10.8. The molecule has 2 atom stereocenters. The van der Waals surface area contributed by atoms with Crippen LogP contribution in [-0.2, 0) is 0 Å². The van der Waals surface area contributed by atoms with Crippen LogP contribution in [0.25, 0.3) is 5.65 Å². The maximum absolute atomic E-state index is 12.7. The number of hydrogen-bond donors (Lipinski definition) is 1. The minimum Gasteiger partial charge on any atom is -0.349 e. The molecule has 31 heavy (non-hydrogen) atoms. The van der Waals surface area contributed by atoms with Crippen LogP contribution in [-0.4, -0.2) is 45.2 Å². The predicted molar refractivity (Wildman–Crippen MR) is 139 cm³/mol. The second-order valence-electron chi connectivity index (χ2n) is 8.40. The number of hydrogen-bond acceptors (Lipinski definition) is 4. The molecule has 2 aliphatic heterocycles. The van der Waals surface area contributed by atoms with Crippen molar-refractivity contribution < 1.29 is 4.79 Å². The third-order valence-corrected chi connectivity index (χ3v) is 7.82. The van der Waals surface area contributed by atoms with Gasteiger partial charge in [-0.05, 0) is 100 Å². The van der Waals surface area contributed by atoms with Gasteiger partial charge in [0, 0.05) is 33.0 Å². The average molecular weight is 642 g/mol. The number of fused-ring (bicyclic) bond motifs is 1. The first-order valence-corrected chi connectivity index (χ1v) is 12.8. The van der Waals surface area contributed by atoms with E-state index < -0.39 is 0 Å². The third kappa shape index (κ3) is 4.22. The first-order valence-electron chi connectivity index (χ1n) is 10.6. The number of carbonyl (C=O) groups excluding carboxylic acids is 1. The van der Waals surface area contributed by atoms with Crippen molar-refractivity contribution in [1.29, 1.82) is 0 Å². The summed E-state index contributed by atoms with van der Waals surface area (Å²) in [6.45, 7) is 4.75. The fourth-order valence-corrected chi connectivity index (χ4v) is 5.77. The van der Waals surface area contributed by atoms with Gasteiger partial charge in [-0.1, -0.05) is 6.92 Å². The Labute approximate surface area is 208 Å². The van der Waals surface area contributed by atoms with Gasteiger partial charge in [-0.15, -0.1) is 0 Å². The summed E-state index contributed by atoms with van der Waals surface area (Å²) >= 11 is 4.81. The molecule has 3 aromatic rings. The maximum atomic E-state index is 12.7. The molecule has 0 saturated carbocycles. The van der Waals surface area contributed by atoms with E-state index in [2.05, 4.69) is 85.6 Å². The van der Waals surface area contributed by atoms with Crippen LogP contribution in [0.5, 0.6) is 0 Å². The Kier molecular flexibility index (Phi) is 5.97. The lowest BCUT2D eigenvalue weighted by Gasteiger charge is -2.27. The molecule has 5 rings (SSSR count). The number of aromatic nitrogens is 3. The Balaban J connectivity index is 1.43. The number of nitrogens with zero attached hydrogens (tertiary/aromatic N) is 5.